The predicted octanol–water partition coefficient (Wildman–Crippen LogP) is 3.12. The number of halogens is 2. The molecule has 1 aromatic carbocycles. The summed E-state index contributed by atoms with van der Waals surface area (Å²) < 4.78 is -0.828. The lowest BCUT2D eigenvalue weighted by atomic mass is 10.1. The summed E-state index contributed by atoms with van der Waals surface area (Å²) in [6.07, 6.45) is 4.17. The number of hydrogen-bond donors (Lipinski definition) is 0. The van der Waals surface area contributed by atoms with Gasteiger partial charge in [0.2, 0.25) is 0 Å². The Balaban J connectivity index is 2.35. The zero-order valence-electron chi connectivity index (χ0n) is 7.80. The highest BCUT2D eigenvalue weighted by Crippen LogP contribution is 2.51. The molecule has 1 aromatic rings. The molecule has 1 aliphatic heterocycles. The van der Waals surface area contributed by atoms with Crippen molar-refractivity contribution in [2.75, 3.05) is 0 Å². The predicted molar refractivity (Wildman–Crippen MR) is 67.7 cm³/mol. The normalized spacial score (nSPS) is 20.4. The van der Waals surface area contributed by atoms with Crippen LogP contribution in [-0.4, -0.2) is 14.8 Å². The van der Waals surface area contributed by atoms with Gasteiger partial charge < -0.3 is 0 Å². The molecule has 0 atom stereocenters. The van der Waals surface area contributed by atoms with Crippen LogP contribution in [0.3, 0.4) is 0 Å². The highest BCUT2D eigenvalue weighted by atomic mass is 35.5. The van der Waals surface area contributed by atoms with E-state index in [2.05, 4.69) is 23.9 Å². The zero-order chi connectivity index (χ0) is 10.5. The van der Waals surface area contributed by atoms with Gasteiger partial charge in [0.15, 0.2) is 4.33 Å². The smallest absolute Gasteiger partial charge is 0.0913 e. The second kappa shape index (κ2) is 3.18. The quantitative estimate of drug-likeness (QED) is 0.490. The Hall–Kier alpha value is -0.633. The molecule has 1 aliphatic carbocycles. The van der Waals surface area contributed by atoms with E-state index >= 15 is 0 Å². The second-order valence-electron chi connectivity index (χ2n) is 3.58. The first-order valence-electron chi connectivity index (χ1n) is 4.70. The molecule has 0 saturated heterocycles. The summed E-state index contributed by atoms with van der Waals surface area (Å²) in [6.45, 7) is 0. The van der Waals surface area contributed by atoms with Crippen molar-refractivity contribution in [1.82, 2.24) is 0 Å². The van der Waals surface area contributed by atoms with E-state index in [1.807, 2.05) is 18.2 Å². The van der Waals surface area contributed by atoms with Crippen molar-refractivity contribution in [3.8, 4) is 0 Å². The van der Waals surface area contributed by atoms with Gasteiger partial charge in [0.05, 0.1) is 9.13 Å². The van der Waals surface area contributed by atoms with Crippen LogP contribution in [0.15, 0.2) is 41.6 Å². The second-order valence-corrected chi connectivity index (χ2v) is 6.03. The fraction of sp³-hybridized carbons (Fsp3) is 0.0833. The molecule has 0 fully saturated rings. The molecule has 0 amide bonds. The molecule has 0 unspecified atom stereocenters. The van der Waals surface area contributed by atoms with Gasteiger partial charge in [-0.05, 0) is 21.9 Å². The van der Waals surface area contributed by atoms with Gasteiger partial charge in [-0.25, -0.2) is 0 Å². The average Bonchev–Trinajstić information content (AvgIpc) is 2.51. The minimum atomic E-state index is -0.828. The van der Waals surface area contributed by atoms with Gasteiger partial charge in [0, 0.05) is 0 Å². The van der Waals surface area contributed by atoms with Crippen LogP contribution >= 0.6 is 23.2 Å². The Morgan fingerprint density at radius 3 is 2.80 bits per heavy atom. The molecule has 3 heteroatoms. The molecular formula is C12H7Cl2Si. The summed E-state index contributed by atoms with van der Waals surface area (Å²) in [5.74, 6) is 0. The molecule has 1 radical (unpaired) electrons. The summed E-state index contributed by atoms with van der Waals surface area (Å²) >= 11 is 12.9. The minimum absolute atomic E-state index is 0.587. The van der Waals surface area contributed by atoms with E-state index in [-0.39, 0.29) is 0 Å². The first kappa shape index (κ1) is 9.58. The van der Waals surface area contributed by atoms with Gasteiger partial charge in [-0.15, -0.1) is 0 Å². The number of rotatable bonds is 0. The summed E-state index contributed by atoms with van der Waals surface area (Å²) in [7, 11) is 0.587. The molecule has 73 valence electrons. The Morgan fingerprint density at radius 2 is 1.93 bits per heavy atom. The Bertz CT molecular complexity index is 524. The number of benzene rings is 1. The first-order valence-corrected chi connectivity index (χ1v) is 6.53. The van der Waals surface area contributed by atoms with Crippen molar-refractivity contribution in [2.24, 2.45) is 0 Å². The van der Waals surface area contributed by atoms with Crippen LogP contribution < -0.4 is 0 Å². The minimum Gasteiger partial charge on any atom is -0.0913 e. The number of fused-ring (bicyclic) bond motifs is 2. The number of allylic oxidation sites excluding steroid dienone is 4. The summed E-state index contributed by atoms with van der Waals surface area (Å²) in [5, 5.41) is 1.13. The summed E-state index contributed by atoms with van der Waals surface area (Å²) in [6, 6.07) is 8.09. The Labute approximate surface area is 101 Å². The van der Waals surface area contributed by atoms with Crippen LogP contribution in [0.5, 0.6) is 0 Å². The van der Waals surface area contributed by atoms with Crippen LogP contribution in [0.25, 0.3) is 5.57 Å². The van der Waals surface area contributed by atoms with E-state index < -0.39 is 4.33 Å². The molecule has 0 nitrogen and oxygen atoms in total. The number of alkyl halides is 2. The standard InChI is InChI=1S/C12H7Cl2Si/c13-12(14)10-6-2-1-4-8(10)9-5-3-7-15-11(9)12/h1-7H. The lowest BCUT2D eigenvalue weighted by Gasteiger charge is -2.17. The van der Waals surface area contributed by atoms with Crippen molar-refractivity contribution >= 4 is 43.6 Å². The zero-order valence-corrected chi connectivity index (χ0v) is 10.3. The highest BCUT2D eigenvalue weighted by molar-refractivity contribution is 6.67. The number of hydrogen-bond acceptors (Lipinski definition) is 0. The van der Waals surface area contributed by atoms with E-state index in [1.165, 1.54) is 11.1 Å². The van der Waals surface area contributed by atoms with E-state index in [0.717, 1.165) is 10.8 Å². The molecule has 15 heavy (non-hydrogen) atoms. The fourth-order valence-electron chi connectivity index (χ4n) is 2.05. The van der Waals surface area contributed by atoms with E-state index in [4.69, 9.17) is 23.2 Å². The van der Waals surface area contributed by atoms with Gasteiger partial charge in [-0.2, -0.15) is 0 Å². The van der Waals surface area contributed by atoms with Crippen LogP contribution in [0, 0.1) is 0 Å². The van der Waals surface area contributed by atoms with Crippen LogP contribution in [-0.2, 0) is 4.33 Å². The molecule has 0 spiro atoms. The van der Waals surface area contributed by atoms with Gasteiger partial charge >= 0.3 is 0 Å². The third-order valence-electron chi connectivity index (χ3n) is 2.73. The molecule has 1 heterocycles. The van der Waals surface area contributed by atoms with Gasteiger partial charge in [0.1, 0.15) is 0 Å². The molecular weight excluding hydrogens is 243 g/mol. The Morgan fingerprint density at radius 1 is 1.13 bits per heavy atom. The van der Waals surface area contributed by atoms with Crippen molar-refractivity contribution in [1.29, 1.82) is 0 Å². The molecule has 2 aliphatic rings. The van der Waals surface area contributed by atoms with E-state index in [1.54, 1.807) is 0 Å². The third kappa shape index (κ3) is 1.24. The maximum absolute atomic E-state index is 6.43. The van der Waals surface area contributed by atoms with Crippen LogP contribution in [0.4, 0.5) is 0 Å². The van der Waals surface area contributed by atoms with Gasteiger partial charge in [0.25, 0.3) is 0 Å². The largest absolute Gasteiger partial charge is 0.165 e. The lowest BCUT2D eigenvalue weighted by Crippen LogP contribution is -2.13. The topological polar surface area (TPSA) is 0 Å². The Kier molecular flexibility index (Phi) is 2.03. The maximum Gasteiger partial charge on any atom is 0.165 e. The summed E-state index contributed by atoms with van der Waals surface area (Å²) in [5.41, 5.74) is 5.51. The van der Waals surface area contributed by atoms with Crippen molar-refractivity contribution < 1.29 is 0 Å². The van der Waals surface area contributed by atoms with Gasteiger partial charge in [-0.3, -0.25) is 0 Å². The molecule has 0 saturated carbocycles. The lowest BCUT2D eigenvalue weighted by molar-refractivity contribution is 1.11. The van der Waals surface area contributed by atoms with Crippen molar-refractivity contribution in [2.45, 2.75) is 4.33 Å². The third-order valence-corrected chi connectivity index (χ3v) is 5.12. The summed E-state index contributed by atoms with van der Waals surface area (Å²) in [4.78, 5) is 0. The van der Waals surface area contributed by atoms with Crippen molar-refractivity contribution in [3.05, 3.63) is 52.7 Å². The van der Waals surface area contributed by atoms with Crippen molar-refractivity contribution in [3.63, 3.8) is 0 Å². The molecule has 0 N–H and O–H groups in total. The van der Waals surface area contributed by atoms with Crippen LogP contribution in [0.2, 0.25) is 0 Å². The highest BCUT2D eigenvalue weighted by Gasteiger charge is 2.40. The maximum atomic E-state index is 6.43. The van der Waals surface area contributed by atoms with E-state index in [9.17, 15) is 0 Å². The fourth-order valence-corrected chi connectivity index (χ4v) is 3.96. The average molecular weight is 250 g/mol. The van der Waals surface area contributed by atoms with Crippen LogP contribution in [0.1, 0.15) is 11.1 Å². The first-order chi connectivity index (χ1) is 7.21. The van der Waals surface area contributed by atoms with E-state index in [0.29, 0.717) is 9.13 Å². The van der Waals surface area contributed by atoms with Gasteiger partial charge in [-0.1, -0.05) is 65.3 Å². The molecule has 3 rings (SSSR count). The SMILES string of the molecule is ClC1(Cl)C2=C(C=CC=[Si]2)c2ccccc21. The molecule has 0 bridgehead atoms. The molecule has 0 aromatic heterocycles. The monoisotopic (exact) mass is 249 g/mol.